The van der Waals surface area contributed by atoms with Gasteiger partial charge in [0.25, 0.3) is 0 Å². The van der Waals surface area contributed by atoms with Crippen LogP contribution in [0, 0.1) is 0 Å². The number of rotatable bonds is 6. The summed E-state index contributed by atoms with van der Waals surface area (Å²) in [5, 5.41) is 11.2. The molecule has 0 atom stereocenters. The third kappa shape index (κ3) is 4.06. The fraction of sp³-hybridized carbons (Fsp3) is 0.118. The van der Waals surface area contributed by atoms with Crippen molar-refractivity contribution in [3.05, 3.63) is 54.4 Å². The second kappa shape index (κ2) is 7.79. The molecule has 8 nitrogen and oxygen atoms in total. The predicted molar refractivity (Wildman–Crippen MR) is 99.2 cm³/mol. The molecule has 3 rings (SSSR count). The van der Waals surface area contributed by atoms with Gasteiger partial charge in [0.15, 0.2) is 11.6 Å². The summed E-state index contributed by atoms with van der Waals surface area (Å²) in [4.78, 5) is 27.5. The summed E-state index contributed by atoms with van der Waals surface area (Å²) in [5.41, 5.74) is 1.84. The van der Waals surface area contributed by atoms with Gasteiger partial charge < -0.3 is 11.2 Å². The molecule has 1 aromatic carbocycles. The molecule has 0 bridgehead atoms. The number of nitrogen functional groups attached to an aromatic ring is 1. The van der Waals surface area contributed by atoms with Crippen molar-refractivity contribution in [2.75, 3.05) is 16.9 Å². The number of amides is 1. The number of aromatic nitrogens is 4. The lowest BCUT2D eigenvalue weighted by atomic mass is 10.1. The van der Waals surface area contributed by atoms with Crippen LogP contribution in [0.3, 0.4) is 0 Å². The maximum absolute atomic E-state index is 12.1. The summed E-state index contributed by atoms with van der Waals surface area (Å²) < 4.78 is 1.32. The van der Waals surface area contributed by atoms with Crippen LogP contribution in [0.1, 0.15) is 17.3 Å². The van der Waals surface area contributed by atoms with Gasteiger partial charge in [0, 0.05) is 29.2 Å². The van der Waals surface area contributed by atoms with E-state index in [1.807, 2.05) is 6.07 Å². The highest BCUT2D eigenvalue weighted by Gasteiger charge is 2.14. The van der Waals surface area contributed by atoms with Gasteiger partial charge in [0.1, 0.15) is 0 Å². The molecular weight excluding hydrogens is 352 g/mol. The predicted octanol–water partition coefficient (Wildman–Crippen LogP) is 1.99. The summed E-state index contributed by atoms with van der Waals surface area (Å²) >= 11 is 1.17. The number of carbonyl (C=O) groups is 2. The van der Waals surface area contributed by atoms with E-state index in [9.17, 15) is 9.59 Å². The molecule has 0 radical (unpaired) electrons. The van der Waals surface area contributed by atoms with Crippen molar-refractivity contribution in [1.82, 2.24) is 19.9 Å². The largest absolute Gasteiger partial charge is 0.335 e. The number of hydrogen-bond acceptors (Lipinski definition) is 7. The normalized spacial score (nSPS) is 10.5. The molecule has 132 valence electrons. The van der Waals surface area contributed by atoms with Gasteiger partial charge >= 0.3 is 0 Å². The summed E-state index contributed by atoms with van der Waals surface area (Å²) in [7, 11) is 0. The van der Waals surface area contributed by atoms with E-state index in [-0.39, 0.29) is 17.4 Å². The number of pyridine rings is 1. The number of anilines is 1. The lowest BCUT2D eigenvalue weighted by molar-refractivity contribution is -0.113. The first kappa shape index (κ1) is 17.6. The Morgan fingerprint density at radius 2 is 2.08 bits per heavy atom. The Labute approximate surface area is 153 Å². The Kier molecular flexibility index (Phi) is 5.28. The van der Waals surface area contributed by atoms with E-state index in [1.54, 1.807) is 42.7 Å². The fourth-order valence-electron chi connectivity index (χ4n) is 2.21. The first-order chi connectivity index (χ1) is 12.5. The van der Waals surface area contributed by atoms with Crippen LogP contribution in [0.15, 0.2) is 53.9 Å². The molecule has 26 heavy (non-hydrogen) atoms. The second-order valence-corrected chi connectivity index (χ2v) is 6.33. The molecule has 9 heteroatoms. The Hall–Kier alpha value is -3.20. The Morgan fingerprint density at radius 3 is 2.81 bits per heavy atom. The van der Waals surface area contributed by atoms with Gasteiger partial charge in [-0.05, 0) is 31.2 Å². The van der Waals surface area contributed by atoms with Crippen LogP contribution in [-0.2, 0) is 4.79 Å². The summed E-state index contributed by atoms with van der Waals surface area (Å²) in [6.45, 7) is 1.48. The first-order valence-corrected chi connectivity index (χ1v) is 8.67. The highest BCUT2D eigenvalue weighted by molar-refractivity contribution is 7.99. The van der Waals surface area contributed by atoms with Crippen LogP contribution in [0.5, 0.6) is 0 Å². The van der Waals surface area contributed by atoms with Gasteiger partial charge in [-0.25, -0.2) is 4.68 Å². The van der Waals surface area contributed by atoms with Crippen LogP contribution in [0.4, 0.5) is 5.69 Å². The number of hydrogen-bond donors (Lipinski definition) is 2. The van der Waals surface area contributed by atoms with Crippen molar-refractivity contribution in [3.8, 4) is 11.4 Å². The number of ketones is 1. The second-order valence-electron chi connectivity index (χ2n) is 5.39. The highest BCUT2D eigenvalue weighted by Crippen LogP contribution is 2.21. The molecule has 0 aliphatic rings. The van der Waals surface area contributed by atoms with E-state index in [0.717, 1.165) is 5.56 Å². The maximum atomic E-state index is 12.1. The molecule has 0 unspecified atom stereocenters. The highest BCUT2D eigenvalue weighted by atomic mass is 32.2. The smallest absolute Gasteiger partial charge is 0.234 e. The minimum atomic E-state index is -0.235. The Balaban J connectivity index is 1.63. The van der Waals surface area contributed by atoms with E-state index in [4.69, 9.17) is 5.84 Å². The maximum Gasteiger partial charge on any atom is 0.234 e. The van der Waals surface area contributed by atoms with Gasteiger partial charge in [-0.3, -0.25) is 14.6 Å². The molecule has 1 amide bonds. The molecule has 2 aromatic heterocycles. The number of nitrogens with two attached hydrogens (primary N) is 1. The third-order valence-corrected chi connectivity index (χ3v) is 4.41. The monoisotopic (exact) mass is 368 g/mol. The van der Waals surface area contributed by atoms with Gasteiger partial charge in [-0.1, -0.05) is 23.9 Å². The van der Waals surface area contributed by atoms with Crippen LogP contribution in [0.2, 0.25) is 0 Å². The van der Waals surface area contributed by atoms with Gasteiger partial charge in [0.2, 0.25) is 11.1 Å². The molecule has 0 aliphatic carbocycles. The fourth-order valence-corrected chi connectivity index (χ4v) is 2.87. The Bertz CT molecular complexity index is 941. The van der Waals surface area contributed by atoms with Gasteiger partial charge in [0.05, 0.1) is 5.75 Å². The third-order valence-electron chi connectivity index (χ3n) is 3.47. The number of nitrogens with one attached hydrogen (secondary N) is 1. The lowest BCUT2D eigenvalue weighted by Crippen LogP contribution is -2.16. The van der Waals surface area contributed by atoms with Crippen LogP contribution >= 0.6 is 11.8 Å². The van der Waals surface area contributed by atoms with Crippen molar-refractivity contribution >= 4 is 29.1 Å². The quantitative estimate of drug-likeness (QED) is 0.388. The number of nitrogens with zero attached hydrogens (tertiary/aromatic N) is 4. The summed E-state index contributed by atoms with van der Waals surface area (Å²) in [5.74, 6) is 6.28. The van der Waals surface area contributed by atoms with Crippen molar-refractivity contribution in [1.29, 1.82) is 0 Å². The number of Topliss-reactive ketones (excluding diaryl/α,β-unsaturated/α-hetero) is 1. The topological polar surface area (TPSA) is 116 Å². The minimum absolute atomic E-state index is 0.0605. The van der Waals surface area contributed by atoms with Crippen LogP contribution in [-0.4, -0.2) is 37.3 Å². The average molecular weight is 368 g/mol. The summed E-state index contributed by atoms with van der Waals surface area (Å²) in [6.07, 6.45) is 3.29. The van der Waals surface area contributed by atoms with Gasteiger partial charge in [-0.2, -0.15) is 0 Å². The Morgan fingerprint density at radius 1 is 1.23 bits per heavy atom. The summed E-state index contributed by atoms with van der Waals surface area (Å²) in [6, 6.07) is 10.4. The van der Waals surface area contributed by atoms with E-state index < -0.39 is 0 Å². The molecule has 3 aromatic rings. The average Bonchev–Trinajstić information content (AvgIpc) is 3.01. The van der Waals surface area contributed by atoms with E-state index >= 15 is 0 Å². The first-order valence-electron chi connectivity index (χ1n) is 7.69. The number of benzene rings is 1. The van der Waals surface area contributed by atoms with Crippen molar-refractivity contribution < 1.29 is 9.59 Å². The zero-order chi connectivity index (χ0) is 18.5. The molecule has 3 N–H and O–H groups in total. The van der Waals surface area contributed by atoms with Crippen molar-refractivity contribution in [2.45, 2.75) is 12.1 Å². The van der Waals surface area contributed by atoms with Gasteiger partial charge in [-0.15, -0.1) is 10.2 Å². The van der Waals surface area contributed by atoms with Crippen LogP contribution in [0.25, 0.3) is 11.4 Å². The molecule has 0 fully saturated rings. The number of thioether (sulfide) groups is 1. The van der Waals surface area contributed by atoms with E-state index in [1.165, 1.54) is 23.4 Å². The number of carbonyl (C=O) groups excluding carboxylic acids is 2. The minimum Gasteiger partial charge on any atom is -0.335 e. The molecule has 0 saturated carbocycles. The zero-order valence-corrected chi connectivity index (χ0v) is 14.7. The molecule has 0 aliphatic heterocycles. The van der Waals surface area contributed by atoms with E-state index in [0.29, 0.717) is 22.2 Å². The lowest BCUT2D eigenvalue weighted by Gasteiger charge is -2.06. The standard InChI is InChI=1S/C17H16N6O2S/c1-11(24)12-4-2-6-14(8-12)20-15(25)10-26-17-22-21-16(23(17)18)13-5-3-7-19-9-13/h2-9H,10,18H2,1H3,(H,20,25). The van der Waals surface area contributed by atoms with Crippen molar-refractivity contribution in [2.24, 2.45) is 0 Å². The molecular formula is C17H16N6O2S. The van der Waals surface area contributed by atoms with E-state index in [2.05, 4.69) is 20.5 Å². The molecule has 2 heterocycles. The molecule has 0 spiro atoms. The zero-order valence-electron chi connectivity index (χ0n) is 13.9. The SMILES string of the molecule is CC(=O)c1cccc(NC(=O)CSc2nnc(-c3cccnc3)n2N)c1. The molecule has 0 saturated heterocycles. The van der Waals surface area contributed by atoms with Crippen LogP contribution < -0.4 is 11.2 Å². The van der Waals surface area contributed by atoms with Crippen molar-refractivity contribution in [3.63, 3.8) is 0 Å².